The van der Waals surface area contributed by atoms with E-state index in [1.165, 1.54) is 0 Å². The molecule has 100 valence electrons. The summed E-state index contributed by atoms with van der Waals surface area (Å²) >= 11 is 0. The van der Waals surface area contributed by atoms with Gasteiger partial charge < -0.3 is 14.5 Å². The molecule has 0 aromatic carbocycles. The Hall–Kier alpha value is -1.77. The number of nitriles is 1. The third-order valence-electron chi connectivity index (χ3n) is 2.84. The summed E-state index contributed by atoms with van der Waals surface area (Å²) in [6.07, 6.45) is 1.45. The van der Waals surface area contributed by atoms with E-state index in [4.69, 9.17) is 10.00 Å². The average molecular weight is 253 g/mol. The van der Waals surface area contributed by atoms with Crippen LogP contribution in [0.5, 0.6) is 0 Å². The number of unbranched alkanes of at least 4 members (excludes halogenated alkanes) is 1. The van der Waals surface area contributed by atoms with Crippen molar-refractivity contribution in [2.24, 2.45) is 0 Å². The topological polar surface area (TPSA) is 73.6 Å². The number of carbonyl (C=O) groups is 2. The van der Waals surface area contributed by atoms with E-state index in [1.807, 2.05) is 13.0 Å². The minimum absolute atomic E-state index is 0.0963. The second-order valence-electron chi connectivity index (χ2n) is 4.17. The van der Waals surface area contributed by atoms with Gasteiger partial charge in [0.2, 0.25) is 5.91 Å². The van der Waals surface area contributed by atoms with E-state index in [2.05, 4.69) is 0 Å². The molecule has 6 nitrogen and oxygen atoms in total. The molecule has 0 aromatic rings. The molecule has 1 aliphatic rings. The van der Waals surface area contributed by atoms with Crippen LogP contribution in [0.15, 0.2) is 0 Å². The fraction of sp³-hybridized carbons (Fsp3) is 0.750. The predicted octanol–water partition coefficient (Wildman–Crippen LogP) is 0.981. The number of amides is 2. The molecule has 1 heterocycles. The monoisotopic (exact) mass is 253 g/mol. The van der Waals surface area contributed by atoms with Gasteiger partial charge in [-0.2, -0.15) is 5.26 Å². The Balaban J connectivity index is 2.28. The molecule has 0 aromatic heterocycles. The maximum atomic E-state index is 11.6. The predicted molar refractivity (Wildman–Crippen MR) is 64.6 cm³/mol. The quantitative estimate of drug-likeness (QED) is 0.700. The highest BCUT2D eigenvalue weighted by atomic mass is 16.6. The molecular weight excluding hydrogens is 234 g/mol. The van der Waals surface area contributed by atoms with E-state index >= 15 is 0 Å². The van der Waals surface area contributed by atoms with Gasteiger partial charge in [-0.05, 0) is 6.42 Å². The fourth-order valence-corrected chi connectivity index (χ4v) is 1.71. The van der Waals surface area contributed by atoms with Gasteiger partial charge in [-0.1, -0.05) is 13.3 Å². The van der Waals surface area contributed by atoms with Gasteiger partial charge in [0.15, 0.2) is 0 Å². The smallest absolute Gasteiger partial charge is 0.409 e. The van der Waals surface area contributed by atoms with Crippen LogP contribution in [0.4, 0.5) is 4.79 Å². The van der Waals surface area contributed by atoms with Crippen molar-refractivity contribution in [3.05, 3.63) is 0 Å². The molecule has 18 heavy (non-hydrogen) atoms. The van der Waals surface area contributed by atoms with Crippen LogP contribution in [0.2, 0.25) is 0 Å². The van der Waals surface area contributed by atoms with E-state index in [9.17, 15) is 9.59 Å². The third-order valence-corrected chi connectivity index (χ3v) is 2.84. The Morgan fingerprint density at radius 3 is 2.39 bits per heavy atom. The summed E-state index contributed by atoms with van der Waals surface area (Å²) in [5.41, 5.74) is 0. The van der Waals surface area contributed by atoms with Gasteiger partial charge in [-0.25, -0.2) is 4.79 Å². The van der Waals surface area contributed by atoms with Gasteiger partial charge in [0.05, 0.1) is 12.7 Å². The van der Waals surface area contributed by atoms with Crippen LogP contribution in [-0.4, -0.2) is 54.6 Å². The van der Waals surface area contributed by atoms with Crippen molar-refractivity contribution in [3.63, 3.8) is 0 Å². The Morgan fingerprint density at radius 1 is 1.22 bits per heavy atom. The number of rotatable bonds is 4. The first-order chi connectivity index (χ1) is 8.69. The maximum Gasteiger partial charge on any atom is 0.409 e. The third kappa shape index (κ3) is 4.24. The summed E-state index contributed by atoms with van der Waals surface area (Å²) < 4.78 is 5.10. The van der Waals surface area contributed by atoms with Crippen LogP contribution in [-0.2, 0) is 9.53 Å². The summed E-state index contributed by atoms with van der Waals surface area (Å²) in [6.45, 7) is 4.38. The molecule has 1 aliphatic heterocycles. The summed E-state index contributed by atoms with van der Waals surface area (Å²) in [7, 11) is 0. The first-order valence-electron chi connectivity index (χ1n) is 6.25. The number of ether oxygens (including phenoxy) is 1. The van der Waals surface area contributed by atoms with Crippen molar-refractivity contribution in [2.45, 2.75) is 26.2 Å². The second-order valence-corrected chi connectivity index (χ2v) is 4.17. The molecule has 0 aliphatic carbocycles. The lowest BCUT2D eigenvalue weighted by Crippen LogP contribution is -2.50. The van der Waals surface area contributed by atoms with Crippen LogP contribution in [0, 0.1) is 11.3 Å². The van der Waals surface area contributed by atoms with E-state index in [-0.39, 0.29) is 18.4 Å². The number of nitrogens with zero attached hydrogens (tertiary/aromatic N) is 3. The van der Waals surface area contributed by atoms with Crippen molar-refractivity contribution in [2.75, 3.05) is 32.8 Å². The van der Waals surface area contributed by atoms with Gasteiger partial charge in [0.1, 0.15) is 6.42 Å². The molecule has 0 bridgehead atoms. The second kappa shape index (κ2) is 7.54. The summed E-state index contributed by atoms with van der Waals surface area (Å²) in [5.74, 6) is -0.170. The zero-order chi connectivity index (χ0) is 13.4. The Bertz CT molecular complexity index is 330. The summed E-state index contributed by atoms with van der Waals surface area (Å²) in [4.78, 5) is 26.3. The zero-order valence-electron chi connectivity index (χ0n) is 10.7. The number of hydrogen-bond acceptors (Lipinski definition) is 4. The van der Waals surface area contributed by atoms with Crippen LogP contribution in [0.1, 0.15) is 26.2 Å². The normalized spacial score (nSPS) is 15.1. The molecule has 0 radical (unpaired) electrons. The highest BCUT2D eigenvalue weighted by molar-refractivity contribution is 5.78. The van der Waals surface area contributed by atoms with E-state index in [1.54, 1.807) is 9.80 Å². The minimum atomic E-state index is -0.309. The Kier molecular flexibility index (Phi) is 5.98. The Labute approximate surface area is 107 Å². The first-order valence-corrected chi connectivity index (χ1v) is 6.25. The molecule has 1 saturated heterocycles. The number of carbonyl (C=O) groups excluding carboxylic acids is 2. The van der Waals surface area contributed by atoms with E-state index in [0.717, 1.165) is 12.8 Å². The van der Waals surface area contributed by atoms with Gasteiger partial charge in [0.25, 0.3) is 0 Å². The van der Waals surface area contributed by atoms with Crippen LogP contribution in [0.25, 0.3) is 0 Å². The molecule has 0 unspecified atom stereocenters. The molecule has 0 atom stereocenters. The molecule has 2 amide bonds. The zero-order valence-corrected chi connectivity index (χ0v) is 10.7. The molecular formula is C12H19N3O3. The molecule has 0 N–H and O–H groups in total. The number of hydrogen-bond donors (Lipinski definition) is 0. The Morgan fingerprint density at radius 2 is 1.83 bits per heavy atom. The van der Waals surface area contributed by atoms with Crippen molar-refractivity contribution in [1.82, 2.24) is 9.80 Å². The molecule has 1 rings (SSSR count). The van der Waals surface area contributed by atoms with E-state index in [0.29, 0.717) is 32.8 Å². The largest absolute Gasteiger partial charge is 0.449 e. The van der Waals surface area contributed by atoms with Gasteiger partial charge in [-0.3, -0.25) is 4.79 Å². The summed E-state index contributed by atoms with van der Waals surface area (Å²) in [6, 6.07) is 1.84. The minimum Gasteiger partial charge on any atom is -0.449 e. The number of piperazine rings is 1. The van der Waals surface area contributed by atoms with Gasteiger partial charge >= 0.3 is 6.09 Å². The molecule has 1 fully saturated rings. The standard InChI is InChI=1S/C12H19N3O3/c1-2-3-10-18-12(17)15-8-6-14(7-9-15)11(16)4-5-13/h2-4,6-10H2,1H3. The molecule has 0 spiro atoms. The van der Waals surface area contributed by atoms with Gasteiger partial charge in [-0.15, -0.1) is 0 Å². The van der Waals surface area contributed by atoms with Crippen molar-refractivity contribution < 1.29 is 14.3 Å². The van der Waals surface area contributed by atoms with Gasteiger partial charge in [0, 0.05) is 26.2 Å². The van der Waals surface area contributed by atoms with Crippen molar-refractivity contribution >= 4 is 12.0 Å². The lowest BCUT2D eigenvalue weighted by molar-refractivity contribution is -0.131. The fourth-order valence-electron chi connectivity index (χ4n) is 1.71. The van der Waals surface area contributed by atoms with Crippen LogP contribution in [0.3, 0.4) is 0 Å². The van der Waals surface area contributed by atoms with Crippen LogP contribution >= 0.6 is 0 Å². The lowest BCUT2D eigenvalue weighted by Gasteiger charge is -2.33. The highest BCUT2D eigenvalue weighted by Gasteiger charge is 2.24. The highest BCUT2D eigenvalue weighted by Crippen LogP contribution is 2.05. The molecule has 6 heteroatoms. The first kappa shape index (κ1) is 14.3. The van der Waals surface area contributed by atoms with E-state index < -0.39 is 0 Å². The lowest BCUT2D eigenvalue weighted by atomic mass is 10.3. The summed E-state index contributed by atoms with van der Waals surface area (Å²) in [5, 5.41) is 8.45. The SMILES string of the molecule is CCCCOC(=O)N1CCN(C(=O)CC#N)CC1. The maximum absolute atomic E-state index is 11.6. The van der Waals surface area contributed by atoms with Crippen molar-refractivity contribution in [1.29, 1.82) is 5.26 Å². The van der Waals surface area contributed by atoms with Crippen LogP contribution < -0.4 is 0 Å². The average Bonchev–Trinajstić information content (AvgIpc) is 2.39. The van der Waals surface area contributed by atoms with Crippen molar-refractivity contribution in [3.8, 4) is 6.07 Å². The molecule has 0 saturated carbocycles.